The molecular formula is C16H15Cl. The molecule has 2 aromatic rings. The maximum absolute atomic E-state index is 6.32. The van der Waals surface area contributed by atoms with E-state index in [0.29, 0.717) is 0 Å². The fraction of sp³-hybridized carbons (Fsp3) is 0.125. The molecule has 0 heterocycles. The molecule has 0 amide bonds. The molecule has 0 radical (unpaired) electrons. The summed E-state index contributed by atoms with van der Waals surface area (Å²) < 4.78 is 0. The second-order valence-corrected chi connectivity index (χ2v) is 4.45. The van der Waals surface area contributed by atoms with Crippen LogP contribution >= 0.6 is 11.6 Å². The zero-order valence-electron chi connectivity index (χ0n) is 9.59. The molecule has 86 valence electrons. The van der Waals surface area contributed by atoms with E-state index in [9.17, 15) is 0 Å². The van der Waals surface area contributed by atoms with Crippen molar-refractivity contribution in [3.05, 3.63) is 77.9 Å². The highest BCUT2D eigenvalue weighted by molar-refractivity contribution is 6.20. The summed E-state index contributed by atoms with van der Waals surface area (Å²) in [5, 5.41) is 0.0520. The molecule has 2 rings (SSSR count). The number of benzene rings is 2. The summed E-state index contributed by atoms with van der Waals surface area (Å²) in [5.74, 6) is 0. The van der Waals surface area contributed by atoms with Crippen LogP contribution in [0.3, 0.4) is 0 Å². The summed E-state index contributed by atoms with van der Waals surface area (Å²) in [6.07, 6.45) is 5.08. The first-order valence-corrected chi connectivity index (χ1v) is 6.20. The molecule has 0 aliphatic rings. The standard InChI is InChI=1S/C16H15Cl/c17-16(15-11-5-2-6-12-15)13-7-10-14-8-3-1-4-9-14/h1-12,16H,13H2/b10-7+. The van der Waals surface area contributed by atoms with Crippen molar-refractivity contribution in [2.75, 3.05) is 0 Å². The van der Waals surface area contributed by atoms with Gasteiger partial charge in [0.05, 0.1) is 5.38 Å². The Bertz CT molecular complexity index is 459. The van der Waals surface area contributed by atoms with Crippen molar-refractivity contribution in [1.29, 1.82) is 0 Å². The summed E-state index contributed by atoms with van der Waals surface area (Å²) in [4.78, 5) is 0. The van der Waals surface area contributed by atoms with E-state index in [1.807, 2.05) is 36.4 Å². The lowest BCUT2D eigenvalue weighted by Crippen LogP contribution is -1.87. The van der Waals surface area contributed by atoms with Crippen LogP contribution in [0.2, 0.25) is 0 Å². The molecule has 0 bridgehead atoms. The minimum absolute atomic E-state index is 0.0520. The zero-order chi connectivity index (χ0) is 11.9. The van der Waals surface area contributed by atoms with Crippen molar-refractivity contribution in [1.82, 2.24) is 0 Å². The van der Waals surface area contributed by atoms with Gasteiger partial charge in [0, 0.05) is 0 Å². The van der Waals surface area contributed by atoms with Gasteiger partial charge in [0.1, 0.15) is 0 Å². The third kappa shape index (κ3) is 3.76. The van der Waals surface area contributed by atoms with Crippen LogP contribution in [0.4, 0.5) is 0 Å². The summed E-state index contributed by atoms with van der Waals surface area (Å²) in [6, 6.07) is 20.4. The molecule has 0 aromatic heterocycles. The van der Waals surface area contributed by atoms with E-state index in [2.05, 4.69) is 36.4 Å². The smallest absolute Gasteiger partial charge is 0.0619 e. The molecule has 0 nitrogen and oxygen atoms in total. The molecule has 0 saturated carbocycles. The molecule has 0 spiro atoms. The lowest BCUT2D eigenvalue weighted by atomic mass is 10.1. The van der Waals surface area contributed by atoms with E-state index in [1.54, 1.807) is 0 Å². The Labute approximate surface area is 108 Å². The maximum atomic E-state index is 6.32. The Morgan fingerprint density at radius 1 is 0.882 bits per heavy atom. The average molecular weight is 243 g/mol. The van der Waals surface area contributed by atoms with Gasteiger partial charge in [-0.25, -0.2) is 0 Å². The molecule has 0 N–H and O–H groups in total. The number of hydrogen-bond acceptors (Lipinski definition) is 0. The van der Waals surface area contributed by atoms with Crippen molar-refractivity contribution < 1.29 is 0 Å². The Balaban J connectivity index is 1.93. The first-order chi connectivity index (χ1) is 8.36. The van der Waals surface area contributed by atoms with Gasteiger partial charge in [-0.3, -0.25) is 0 Å². The second-order valence-electron chi connectivity index (χ2n) is 3.93. The molecule has 1 unspecified atom stereocenters. The third-order valence-corrected chi connectivity index (χ3v) is 3.04. The van der Waals surface area contributed by atoms with Crippen molar-refractivity contribution in [3.8, 4) is 0 Å². The SMILES string of the molecule is ClC(C/C=C/c1ccccc1)c1ccccc1. The number of hydrogen-bond donors (Lipinski definition) is 0. The molecule has 2 aromatic carbocycles. The molecule has 0 saturated heterocycles. The van der Waals surface area contributed by atoms with Gasteiger partial charge in [-0.05, 0) is 17.5 Å². The largest absolute Gasteiger partial charge is 0.117 e. The Morgan fingerprint density at radius 3 is 2.12 bits per heavy atom. The van der Waals surface area contributed by atoms with Crippen LogP contribution in [0.1, 0.15) is 22.9 Å². The Hall–Kier alpha value is -1.53. The summed E-state index contributed by atoms with van der Waals surface area (Å²) >= 11 is 6.32. The minimum Gasteiger partial charge on any atom is -0.117 e. The average Bonchev–Trinajstić information content (AvgIpc) is 2.41. The molecule has 1 atom stereocenters. The van der Waals surface area contributed by atoms with Crippen molar-refractivity contribution in [2.24, 2.45) is 0 Å². The number of halogens is 1. The van der Waals surface area contributed by atoms with Gasteiger partial charge in [0.15, 0.2) is 0 Å². The van der Waals surface area contributed by atoms with Gasteiger partial charge in [-0.2, -0.15) is 0 Å². The Morgan fingerprint density at radius 2 is 1.47 bits per heavy atom. The Kier molecular flexibility index (Phi) is 4.40. The van der Waals surface area contributed by atoms with E-state index in [1.165, 1.54) is 11.1 Å². The monoisotopic (exact) mass is 242 g/mol. The van der Waals surface area contributed by atoms with Crippen molar-refractivity contribution in [2.45, 2.75) is 11.8 Å². The van der Waals surface area contributed by atoms with Crippen LogP contribution in [0.5, 0.6) is 0 Å². The molecule has 0 aliphatic heterocycles. The zero-order valence-corrected chi connectivity index (χ0v) is 10.3. The van der Waals surface area contributed by atoms with Crippen LogP contribution in [-0.4, -0.2) is 0 Å². The first kappa shape index (κ1) is 11.9. The van der Waals surface area contributed by atoms with Crippen molar-refractivity contribution >= 4 is 17.7 Å². The second kappa shape index (κ2) is 6.27. The molecule has 1 heteroatoms. The quantitative estimate of drug-likeness (QED) is 0.657. The molecule has 0 aliphatic carbocycles. The van der Waals surface area contributed by atoms with E-state index < -0.39 is 0 Å². The minimum atomic E-state index is 0.0520. The number of rotatable bonds is 4. The topological polar surface area (TPSA) is 0 Å². The summed E-state index contributed by atoms with van der Waals surface area (Å²) in [5.41, 5.74) is 2.39. The van der Waals surface area contributed by atoms with Crippen LogP contribution in [0.25, 0.3) is 6.08 Å². The highest BCUT2D eigenvalue weighted by atomic mass is 35.5. The third-order valence-electron chi connectivity index (χ3n) is 2.61. The van der Waals surface area contributed by atoms with Gasteiger partial charge < -0.3 is 0 Å². The summed E-state index contributed by atoms with van der Waals surface area (Å²) in [6.45, 7) is 0. The number of alkyl halides is 1. The highest BCUT2D eigenvalue weighted by Gasteiger charge is 2.03. The normalized spacial score (nSPS) is 12.8. The fourth-order valence-electron chi connectivity index (χ4n) is 1.69. The lowest BCUT2D eigenvalue weighted by molar-refractivity contribution is 0.960. The van der Waals surface area contributed by atoms with E-state index in [4.69, 9.17) is 11.6 Å². The van der Waals surface area contributed by atoms with Gasteiger partial charge in [0.25, 0.3) is 0 Å². The first-order valence-electron chi connectivity index (χ1n) is 5.77. The van der Waals surface area contributed by atoms with Crippen LogP contribution < -0.4 is 0 Å². The maximum Gasteiger partial charge on any atom is 0.0619 e. The molecule has 17 heavy (non-hydrogen) atoms. The predicted octanol–water partition coefficient (Wildman–Crippen LogP) is 5.07. The van der Waals surface area contributed by atoms with Gasteiger partial charge in [-0.1, -0.05) is 72.8 Å². The number of allylic oxidation sites excluding steroid dienone is 1. The van der Waals surface area contributed by atoms with Crippen LogP contribution in [-0.2, 0) is 0 Å². The van der Waals surface area contributed by atoms with Crippen molar-refractivity contribution in [3.63, 3.8) is 0 Å². The predicted molar refractivity (Wildman–Crippen MR) is 75.1 cm³/mol. The van der Waals surface area contributed by atoms with E-state index in [-0.39, 0.29) is 5.38 Å². The van der Waals surface area contributed by atoms with Gasteiger partial charge in [0.2, 0.25) is 0 Å². The molecule has 0 fully saturated rings. The van der Waals surface area contributed by atoms with Gasteiger partial charge in [-0.15, -0.1) is 11.6 Å². The van der Waals surface area contributed by atoms with Crippen LogP contribution in [0, 0.1) is 0 Å². The lowest BCUT2D eigenvalue weighted by Gasteiger charge is -2.05. The summed E-state index contributed by atoms with van der Waals surface area (Å²) in [7, 11) is 0. The fourth-order valence-corrected chi connectivity index (χ4v) is 1.93. The molecular weight excluding hydrogens is 228 g/mol. The van der Waals surface area contributed by atoms with Crippen LogP contribution in [0.15, 0.2) is 66.7 Å². The van der Waals surface area contributed by atoms with E-state index in [0.717, 1.165) is 6.42 Å². The highest BCUT2D eigenvalue weighted by Crippen LogP contribution is 2.24. The van der Waals surface area contributed by atoms with Gasteiger partial charge >= 0.3 is 0 Å². The van der Waals surface area contributed by atoms with E-state index >= 15 is 0 Å².